The van der Waals surface area contributed by atoms with Gasteiger partial charge in [0, 0.05) is 11.6 Å². The lowest BCUT2D eigenvalue weighted by molar-refractivity contribution is 0.307. The van der Waals surface area contributed by atoms with Crippen LogP contribution in [0.4, 0.5) is 0 Å². The molecule has 0 spiro atoms. The Balaban J connectivity index is 2.23. The fourth-order valence-corrected chi connectivity index (χ4v) is 4.54. The minimum Gasteiger partial charge on any atom is -0.541 e. The summed E-state index contributed by atoms with van der Waals surface area (Å²) in [5, 5.41) is 0.216. The molecular weight excluding hydrogens is 468 g/mol. The second-order valence-electron chi connectivity index (χ2n) is 9.54. The van der Waals surface area contributed by atoms with Crippen molar-refractivity contribution in [1.29, 1.82) is 0 Å². The van der Waals surface area contributed by atoms with Gasteiger partial charge in [-0.1, -0.05) is 20.8 Å². The second kappa shape index (κ2) is 9.73. The lowest BCUT2D eigenvalue weighted by Gasteiger charge is -2.36. The van der Waals surface area contributed by atoms with Gasteiger partial charge in [-0.05, 0) is 36.3 Å². The van der Waals surface area contributed by atoms with E-state index < -0.39 is 8.32 Å². The molecule has 1 heterocycles. The van der Waals surface area contributed by atoms with Crippen LogP contribution in [0.15, 0.2) is 33.5 Å². The molecule has 0 aliphatic rings. The van der Waals surface area contributed by atoms with E-state index in [4.69, 9.17) is 32.5 Å². The van der Waals surface area contributed by atoms with Crippen molar-refractivity contribution < 1.29 is 32.5 Å². The molecule has 0 N–H and O–H groups in total. The summed E-state index contributed by atoms with van der Waals surface area (Å²) in [6.07, 6.45) is 0. The van der Waals surface area contributed by atoms with Crippen LogP contribution in [0.3, 0.4) is 0 Å². The first-order valence-electron chi connectivity index (χ1n) is 11.1. The van der Waals surface area contributed by atoms with Crippen molar-refractivity contribution in [2.75, 3.05) is 35.5 Å². The van der Waals surface area contributed by atoms with Crippen molar-refractivity contribution in [1.82, 2.24) is 0 Å². The third-order valence-electron chi connectivity index (χ3n) is 6.44. The van der Waals surface area contributed by atoms with Crippen LogP contribution in [0.25, 0.3) is 22.3 Å². The maximum atomic E-state index is 13.3. The van der Waals surface area contributed by atoms with E-state index in [1.165, 1.54) is 34.5 Å². The molecule has 0 amide bonds. The zero-order chi connectivity index (χ0) is 26.1. The average Bonchev–Trinajstić information content (AvgIpc) is 2.81. The molecule has 35 heavy (non-hydrogen) atoms. The summed E-state index contributed by atoms with van der Waals surface area (Å²) in [6.45, 7) is 10.9. The fourth-order valence-electron chi connectivity index (χ4n) is 3.52. The fraction of sp³-hybridized carbons (Fsp3) is 0.423. The molecule has 9 heteroatoms. The van der Waals surface area contributed by atoms with E-state index >= 15 is 0 Å². The summed E-state index contributed by atoms with van der Waals surface area (Å²) in [7, 11) is 5.34. The third kappa shape index (κ3) is 4.64. The Bertz CT molecular complexity index is 1290. The SMILES string of the molecule is COc1cc(-c2cc(=O)c3c(OC)c(OC)c(OC)c(OC)c3o2)ccc1O[Si](C)(C)C(C)(C)C. The van der Waals surface area contributed by atoms with Crippen LogP contribution in [0.5, 0.6) is 34.5 Å². The summed E-state index contributed by atoms with van der Waals surface area (Å²) in [6, 6.07) is 6.86. The number of fused-ring (bicyclic) bond motifs is 1. The van der Waals surface area contributed by atoms with Crippen LogP contribution in [0, 0.1) is 0 Å². The molecule has 0 unspecified atom stereocenters. The standard InChI is InChI=1S/C26H34O8Si/c1-26(2,3)35(9,10)34-17-12-11-15(13-19(17)28-4)18-14-16(27)20-21(29-5)23(30-6)25(32-8)24(31-7)22(20)33-18/h11-14H,1-10H3. The van der Waals surface area contributed by atoms with E-state index in [9.17, 15) is 4.79 Å². The van der Waals surface area contributed by atoms with Gasteiger partial charge in [0.05, 0.1) is 35.5 Å². The van der Waals surface area contributed by atoms with E-state index in [-0.39, 0.29) is 44.4 Å². The molecule has 1 aromatic heterocycles. The highest BCUT2D eigenvalue weighted by Crippen LogP contribution is 2.50. The molecule has 0 radical (unpaired) electrons. The van der Waals surface area contributed by atoms with Gasteiger partial charge >= 0.3 is 0 Å². The van der Waals surface area contributed by atoms with E-state index in [0.29, 0.717) is 22.8 Å². The number of methoxy groups -OCH3 is 5. The number of hydrogen-bond acceptors (Lipinski definition) is 8. The highest BCUT2D eigenvalue weighted by Gasteiger charge is 2.39. The number of benzene rings is 2. The molecule has 3 rings (SSSR count). The lowest BCUT2D eigenvalue weighted by Crippen LogP contribution is -2.43. The van der Waals surface area contributed by atoms with E-state index in [0.717, 1.165) is 0 Å². The van der Waals surface area contributed by atoms with Crippen LogP contribution >= 0.6 is 0 Å². The monoisotopic (exact) mass is 502 g/mol. The van der Waals surface area contributed by atoms with E-state index in [1.54, 1.807) is 13.2 Å². The minimum absolute atomic E-state index is 0.0253. The summed E-state index contributed by atoms with van der Waals surface area (Å²) < 4.78 is 40.3. The van der Waals surface area contributed by atoms with Gasteiger partial charge in [0.15, 0.2) is 22.5 Å². The maximum absolute atomic E-state index is 13.3. The normalized spacial score (nSPS) is 11.8. The third-order valence-corrected chi connectivity index (χ3v) is 10.8. The molecule has 0 aliphatic heterocycles. The van der Waals surface area contributed by atoms with Crippen LogP contribution in [-0.4, -0.2) is 43.9 Å². The minimum atomic E-state index is -2.09. The Kier molecular flexibility index (Phi) is 7.30. The molecule has 190 valence electrons. The van der Waals surface area contributed by atoms with Crippen molar-refractivity contribution >= 4 is 19.3 Å². The van der Waals surface area contributed by atoms with Gasteiger partial charge in [0.1, 0.15) is 16.9 Å². The predicted molar refractivity (Wildman–Crippen MR) is 139 cm³/mol. The van der Waals surface area contributed by atoms with Gasteiger partial charge < -0.3 is 32.5 Å². The summed E-state index contributed by atoms with van der Waals surface area (Å²) >= 11 is 0. The molecule has 0 saturated carbocycles. The number of rotatable bonds is 8. The number of hydrogen-bond donors (Lipinski definition) is 0. The summed E-state index contributed by atoms with van der Waals surface area (Å²) in [5.41, 5.74) is 0.502. The van der Waals surface area contributed by atoms with Gasteiger partial charge in [-0.2, -0.15) is 0 Å². The molecular formula is C26H34O8Si. The molecule has 8 nitrogen and oxygen atoms in total. The van der Waals surface area contributed by atoms with Crippen molar-refractivity contribution in [3.63, 3.8) is 0 Å². The lowest BCUT2D eigenvalue weighted by atomic mass is 10.1. The average molecular weight is 503 g/mol. The van der Waals surface area contributed by atoms with Crippen LogP contribution < -0.4 is 33.5 Å². The molecule has 0 atom stereocenters. The molecule has 3 aromatic rings. The van der Waals surface area contributed by atoms with E-state index in [2.05, 4.69) is 33.9 Å². The molecule has 0 fully saturated rings. The first-order valence-corrected chi connectivity index (χ1v) is 14.1. The highest BCUT2D eigenvalue weighted by molar-refractivity contribution is 6.74. The van der Waals surface area contributed by atoms with Crippen LogP contribution in [0.2, 0.25) is 18.1 Å². The topological polar surface area (TPSA) is 85.6 Å². The van der Waals surface area contributed by atoms with Crippen molar-refractivity contribution in [2.45, 2.75) is 38.9 Å². The Morgan fingerprint density at radius 1 is 0.743 bits per heavy atom. The van der Waals surface area contributed by atoms with Crippen LogP contribution in [0.1, 0.15) is 20.8 Å². The van der Waals surface area contributed by atoms with Crippen molar-refractivity contribution in [2.24, 2.45) is 0 Å². The maximum Gasteiger partial charge on any atom is 0.250 e. The molecule has 0 aliphatic carbocycles. The summed E-state index contributed by atoms with van der Waals surface area (Å²) in [4.78, 5) is 13.3. The Hall–Kier alpha value is -3.33. The highest BCUT2D eigenvalue weighted by atomic mass is 28.4. The van der Waals surface area contributed by atoms with E-state index in [1.807, 2.05) is 12.1 Å². The first-order chi connectivity index (χ1) is 16.4. The Morgan fingerprint density at radius 2 is 1.31 bits per heavy atom. The van der Waals surface area contributed by atoms with Gasteiger partial charge in [0.2, 0.25) is 17.2 Å². The first kappa shape index (κ1) is 26.3. The molecule has 0 saturated heterocycles. The Labute approximate surface area is 206 Å². The van der Waals surface area contributed by atoms with Gasteiger partial charge in [-0.25, -0.2) is 0 Å². The summed E-state index contributed by atoms with van der Waals surface area (Å²) in [5.74, 6) is 2.46. The Morgan fingerprint density at radius 3 is 1.83 bits per heavy atom. The van der Waals surface area contributed by atoms with Crippen molar-refractivity contribution in [3.8, 4) is 45.8 Å². The smallest absolute Gasteiger partial charge is 0.250 e. The zero-order valence-electron chi connectivity index (χ0n) is 22.1. The van der Waals surface area contributed by atoms with Gasteiger partial charge in [0.25, 0.3) is 8.32 Å². The molecule has 2 aromatic carbocycles. The van der Waals surface area contributed by atoms with Crippen LogP contribution in [-0.2, 0) is 0 Å². The second-order valence-corrected chi connectivity index (χ2v) is 14.3. The number of ether oxygens (including phenoxy) is 5. The predicted octanol–water partition coefficient (Wildman–Crippen LogP) is 5.89. The quantitative estimate of drug-likeness (QED) is 0.353. The zero-order valence-corrected chi connectivity index (χ0v) is 23.1. The van der Waals surface area contributed by atoms with Crippen molar-refractivity contribution in [3.05, 3.63) is 34.5 Å². The van der Waals surface area contributed by atoms with Gasteiger partial charge in [-0.3, -0.25) is 4.79 Å². The largest absolute Gasteiger partial charge is 0.541 e. The molecule has 0 bridgehead atoms. The van der Waals surface area contributed by atoms with Gasteiger partial charge in [-0.15, -0.1) is 0 Å².